The van der Waals surface area contributed by atoms with Crippen molar-refractivity contribution in [1.82, 2.24) is 14.3 Å². The Hall–Kier alpha value is -2.70. The van der Waals surface area contributed by atoms with Gasteiger partial charge < -0.3 is 9.84 Å². The minimum atomic E-state index is -0.363. The average molecular weight is 365 g/mol. The number of esters is 1. The molecule has 1 aliphatic heterocycles. The van der Waals surface area contributed by atoms with E-state index in [4.69, 9.17) is 4.74 Å². The van der Waals surface area contributed by atoms with Crippen LogP contribution in [0.3, 0.4) is 0 Å². The molecule has 0 atom stereocenters. The smallest absolute Gasteiger partial charge is 0.339 e. The molecular formula is C21H23N3O3. The zero-order chi connectivity index (χ0) is 18.8. The summed E-state index contributed by atoms with van der Waals surface area (Å²) in [5.74, 6) is -0.363. The lowest BCUT2D eigenvalue weighted by Gasteiger charge is -2.29. The highest BCUT2D eigenvalue weighted by Crippen LogP contribution is 2.24. The third kappa shape index (κ3) is 3.72. The number of fused-ring (bicyclic) bond motifs is 1. The van der Waals surface area contributed by atoms with Crippen LogP contribution in [0.25, 0.3) is 16.9 Å². The molecule has 3 aromatic rings. The van der Waals surface area contributed by atoms with Gasteiger partial charge in [-0.25, -0.2) is 9.78 Å². The van der Waals surface area contributed by atoms with Crippen LogP contribution in [0.4, 0.5) is 0 Å². The van der Waals surface area contributed by atoms with Gasteiger partial charge in [0.05, 0.1) is 30.7 Å². The van der Waals surface area contributed by atoms with Gasteiger partial charge in [-0.05, 0) is 36.6 Å². The summed E-state index contributed by atoms with van der Waals surface area (Å²) in [6.45, 7) is 2.71. The van der Waals surface area contributed by atoms with Gasteiger partial charge in [0.15, 0.2) is 0 Å². The zero-order valence-electron chi connectivity index (χ0n) is 15.3. The number of aliphatic hydroxyl groups is 1. The van der Waals surface area contributed by atoms with Crippen molar-refractivity contribution in [2.45, 2.75) is 25.5 Å². The van der Waals surface area contributed by atoms with Crippen LogP contribution in [0.2, 0.25) is 0 Å². The van der Waals surface area contributed by atoms with Crippen LogP contribution in [-0.4, -0.2) is 51.7 Å². The van der Waals surface area contributed by atoms with Gasteiger partial charge in [0, 0.05) is 31.4 Å². The Morgan fingerprint density at radius 2 is 2.07 bits per heavy atom. The first-order chi connectivity index (χ1) is 13.1. The van der Waals surface area contributed by atoms with Crippen LogP contribution in [0.1, 0.15) is 28.8 Å². The summed E-state index contributed by atoms with van der Waals surface area (Å²) in [4.78, 5) is 18.7. The monoisotopic (exact) mass is 365 g/mol. The Morgan fingerprint density at radius 3 is 2.85 bits per heavy atom. The second-order valence-electron chi connectivity index (χ2n) is 6.99. The van der Waals surface area contributed by atoms with Crippen LogP contribution in [-0.2, 0) is 11.3 Å². The summed E-state index contributed by atoms with van der Waals surface area (Å²) in [6, 6.07) is 11.9. The van der Waals surface area contributed by atoms with Crippen molar-refractivity contribution in [3.05, 3.63) is 59.9 Å². The molecule has 1 aromatic carbocycles. The van der Waals surface area contributed by atoms with Crippen LogP contribution in [0.15, 0.2) is 48.8 Å². The number of likely N-dealkylation sites (tertiary alicyclic amines) is 1. The quantitative estimate of drug-likeness (QED) is 0.720. The van der Waals surface area contributed by atoms with Gasteiger partial charge in [0.2, 0.25) is 0 Å². The first-order valence-corrected chi connectivity index (χ1v) is 9.19. The topological polar surface area (TPSA) is 67.1 Å². The average Bonchev–Trinajstić information content (AvgIpc) is 3.12. The number of hydrogen-bond acceptors (Lipinski definition) is 5. The molecule has 1 saturated heterocycles. The summed E-state index contributed by atoms with van der Waals surface area (Å²) in [6.07, 6.45) is 5.11. The molecule has 3 heterocycles. The van der Waals surface area contributed by atoms with Crippen LogP contribution >= 0.6 is 0 Å². The molecule has 6 heteroatoms. The van der Waals surface area contributed by atoms with E-state index in [2.05, 4.69) is 28.1 Å². The van der Waals surface area contributed by atoms with Crippen molar-refractivity contribution in [2.75, 3.05) is 20.2 Å². The number of piperidine rings is 1. The Labute approximate surface area is 158 Å². The number of pyridine rings is 1. The highest BCUT2D eigenvalue weighted by molar-refractivity contribution is 5.89. The molecule has 2 aromatic heterocycles. The predicted octanol–water partition coefficient (Wildman–Crippen LogP) is 2.74. The number of carbonyl (C=O) groups excluding carboxylic acids is 1. The fourth-order valence-electron chi connectivity index (χ4n) is 3.60. The number of imidazole rings is 1. The lowest BCUT2D eigenvalue weighted by atomic mass is 10.0. The van der Waals surface area contributed by atoms with E-state index in [1.54, 1.807) is 12.3 Å². The van der Waals surface area contributed by atoms with Crippen molar-refractivity contribution in [3.63, 3.8) is 0 Å². The van der Waals surface area contributed by atoms with Crippen LogP contribution in [0.5, 0.6) is 0 Å². The number of carbonyl (C=O) groups is 1. The van der Waals surface area contributed by atoms with Gasteiger partial charge in [-0.1, -0.05) is 18.2 Å². The number of nitrogens with zero attached hydrogens (tertiary/aromatic N) is 3. The van der Waals surface area contributed by atoms with E-state index in [9.17, 15) is 9.90 Å². The van der Waals surface area contributed by atoms with Crippen LogP contribution in [0, 0.1) is 0 Å². The van der Waals surface area contributed by atoms with Gasteiger partial charge in [0.25, 0.3) is 0 Å². The van der Waals surface area contributed by atoms with Gasteiger partial charge >= 0.3 is 5.97 Å². The molecule has 0 amide bonds. The van der Waals surface area contributed by atoms with E-state index in [-0.39, 0.29) is 12.1 Å². The summed E-state index contributed by atoms with van der Waals surface area (Å²) in [7, 11) is 1.38. The Kier molecular flexibility index (Phi) is 4.92. The molecule has 0 saturated carbocycles. The van der Waals surface area contributed by atoms with E-state index >= 15 is 0 Å². The summed E-state index contributed by atoms with van der Waals surface area (Å²) < 4.78 is 6.74. The highest BCUT2D eigenvalue weighted by atomic mass is 16.5. The third-order valence-electron chi connectivity index (χ3n) is 5.11. The first kappa shape index (κ1) is 17.7. The molecule has 4 rings (SSSR count). The van der Waals surface area contributed by atoms with Gasteiger partial charge in [-0.15, -0.1) is 0 Å². The van der Waals surface area contributed by atoms with Crippen molar-refractivity contribution >= 4 is 11.6 Å². The Morgan fingerprint density at radius 1 is 1.26 bits per heavy atom. The summed E-state index contributed by atoms with van der Waals surface area (Å²) in [5, 5.41) is 9.67. The molecule has 0 radical (unpaired) electrons. The maximum Gasteiger partial charge on any atom is 0.339 e. The summed E-state index contributed by atoms with van der Waals surface area (Å²) >= 11 is 0. The highest BCUT2D eigenvalue weighted by Gasteiger charge is 2.17. The molecule has 27 heavy (non-hydrogen) atoms. The second-order valence-corrected chi connectivity index (χ2v) is 6.99. The fraction of sp³-hybridized carbons (Fsp3) is 0.333. The standard InChI is InChI=1S/C21H23N3O3/c1-27-21(26)17-5-6-20-22-12-19(24(20)14-17)16-4-2-3-15(11-16)13-23-9-7-18(25)8-10-23/h2-6,11-12,14,18,25H,7-10,13H2,1H3. The number of rotatable bonds is 4. The largest absolute Gasteiger partial charge is 0.465 e. The number of aliphatic hydroxyl groups excluding tert-OH is 1. The molecule has 0 bridgehead atoms. The Bertz CT molecular complexity index is 958. The number of aromatic nitrogens is 2. The van der Waals surface area contributed by atoms with Gasteiger partial charge in [0.1, 0.15) is 5.65 Å². The van der Waals surface area contributed by atoms with Crippen molar-refractivity contribution in [2.24, 2.45) is 0 Å². The summed E-state index contributed by atoms with van der Waals surface area (Å²) in [5.41, 5.74) is 4.49. The van der Waals surface area contributed by atoms with Crippen LogP contribution < -0.4 is 0 Å². The molecule has 1 fully saturated rings. The molecule has 0 spiro atoms. The second kappa shape index (κ2) is 7.50. The van der Waals surface area contributed by atoms with Crippen molar-refractivity contribution in [1.29, 1.82) is 0 Å². The van der Waals surface area contributed by atoms with Gasteiger partial charge in [-0.2, -0.15) is 0 Å². The molecule has 1 aliphatic rings. The maximum absolute atomic E-state index is 11.8. The van der Waals surface area contributed by atoms with E-state index in [1.165, 1.54) is 12.7 Å². The first-order valence-electron chi connectivity index (χ1n) is 9.19. The number of benzene rings is 1. The molecule has 0 aliphatic carbocycles. The molecule has 140 valence electrons. The minimum Gasteiger partial charge on any atom is -0.465 e. The van der Waals surface area contributed by atoms with E-state index < -0.39 is 0 Å². The SMILES string of the molecule is COC(=O)c1ccc2ncc(-c3cccc(CN4CCC(O)CC4)c3)n2c1. The van der Waals surface area contributed by atoms with Crippen molar-refractivity contribution < 1.29 is 14.6 Å². The third-order valence-corrected chi connectivity index (χ3v) is 5.11. The van der Waals surface area contributed by atoms with E-state index in [0.717, 1.165) is 49.4 Å². The minimum absolute atomic E-state index is 0.158. The molecule has 6 nitrogen and oxygen atoms in total. The van der Waals surface area contributed by atoms with E-state index in [0.29, 0.717) is 5.56 Å². The van der Waals surface area contributed by atoms with Gasteiger partial charge in [-0.3, -0.25) is 9.30 Å². The molecule has 0 unspecified atom stereocenters. The molecule has 1 N–H and O–H groups in total. The Balaban J connectivity index is 1.62. The van der Waals surface area contributed by atoms with Crippen molar-refractivity contribution in [3.8, 4) is 11.3 Å². The fourth-order valence-corrected chi connectivity index (χ4v) is 3.60. The maximum atomic E-state index is 11.8. The lowest BCUT2D eigenvalue weighted by Crippen LogP contribution is -2.35. The number of hydrogen-bond donors (Lipinski definition) is 1. The number of methoxy groups -OCH3 is 1. The predicted molar refractivity (Wildman–Crippen MR) is 102 cm³/mol. The normalized spacial score (nSPS) is 15.9. The molecular weight excluding hydrogens is 342 g/mol. The number of ether oxygens (including phenoxy) is 1. The lowest BCUT2D eigenvalue weighted by molar-refractivity contribution is 0.0600. The zero-order valence-corrected chi connectivity index (χ0v) is 15.3. The van der Waals surface area contributed by atoms with E-state index in [1.807, 2.05) is 22.7 Å².